The Labute approximate surface area is 227 Å². The molecule has 3 rings (SSSR count). The number of likely N-dealkylation sites (tertiary alicyclic amines) is 1. The molecule has 10 heteroatoms. The Balaban J connectivity index is 1.67. The first-order valence-electron chi connectivity index (χ1n) is 13.6. The Morgan fingerprint density at radius 2 is 1.71 bits per heavy atom. The average molecular weight is 553 g/mol. The van der Waals surface area contributed by atoms with Crippen molar-refractivity contribution in [2.45, 2.75) is 70.5 Å². The summed E-state index contributed by atoms with van der Waals surface area (Å²) < 4.78 is 44.8. The van der Waals surface area contributed by atoms with Crippen LogP contribution in [0.4, 0.5) is 0 Å². The number of hydrogen-bond acceptors (Lipinski definition) is 7. The van der Waals surface area contributed by atoms with Gasteiger partial charge in [0, 0.05) is 32.6 Å². The number of allylic oxidation sites excluding steroid dienone is 1. The van der Waals surface area contributed by atoms with Gasteiger partial charge in [0.2, 0.25) is 16.3 Å². The summed E-state index contributed by atoms with van der Waals surface area (Å²) in [6.45, 7) is 7.54. The number of hydrogen-bond donors (Lipinski definition) is 1. The van der Waals surface area contributed by atoms with Gasteiger partial charge in [0.15, 0.2) is 5.76 Å². The molecule has 0 aliphatic carbocycles. The summed E-state index contributed by atoms with van der Waals surface area (Å²) in [6, 6.07) is 6.12. The molecule has 2 heterocycles. The predicted molar refractivity (Wildman–Crippen MR) is 145 cm³/mol. The molecule has 1 N–H and O–H groups in total. The standard InChI is InChI=1S/C28H44N2O7S/c1-28(2,3)22-20-25(27(32)29-14-8-6-5-7-9-15-29)37-26(21-22)36-19-17-30(16-18-31)38(33,34)24-12-10-23(35-4)11-13-24/h10-13,20,22,26,31H,5-9,14-19,21H2,1-4H3/t22-,26+/m1/s1. The molecule has 0 saturated carbocycles. The zero-order valence-electron chi connectivity index (χ0n) is 23.2. The second kappa shape index (κ2) is 13.8. The van der Waals surface area contributed by atoms with E-state index in [9.17, 15) is 18.3 Å². The molecule has 38 heavy (non-hydrogen) atoms. The molecule has 0 unspecified atom stereocenters. The molecule has 1 fully saturated rings. The van der Waals surface area contributed by atoms with Crippen LogP contribution in [0.1, 0.15) is 59.3 Å². The van der Waals surface area contributed by atoms with E-state index in [1.807, 2.05) is 11.0 Å². The number of aliphatic hydroxyl groups is 1. The highest BCUT2D eigenvalue weighted by Crippen LogP contribution is 2.37. The van der Waals surface area contributed by atoms with Gasteiger partial charge in [0.05, 0.1) is 25.2 Å². The van der Waals surface area contributed by atoms with Crippen LogP contribution in [-0.4, -0.2) is 81.4 Å². The van der Waals surface area contributed by atoms with E-state index in [0.29, 0.717) is 17.9 Å². The molecular formula is C28H44N2O7S. The Morgan fingerprint density at radius 3 is 2.29 bits per heavy atom. The average Bonchev–Trinajstić information content (AvgIpc) is 2.87. The van der Waals surface area contributed by atoms with Crippen LogP contribution in [0.5, 0.6) is 5.75 Å². The van der Waals surface area contributed by atoms with Crippen molar-refractivity contribution in [2.24, 2.45) is 11.3 Å². The van der Waals surface area contributed by atoms with Crippen LogP contribution >= 0.6 is 0 Å². The second-order valence-electron chi connectivity index (χ2n) is 11.0. The second-order valence-corrected chi connectivity index (χ2v) is 13.0. The summed E-state index contributed by atoms with van der Waals surface area (Å²) in [6.07, 6.45) is 7.28. The Hall–Kier alpha value is -2.14. The van der Waals surface area contributed by atoms with Gasteiger partial charge in [0.1, 0.15) is 5.75 Å². The maximum absolute atomic E-state index is 13.4. The molecule has 1 aromatic rings. The van der Waals surface area contributed by atoms with Crippen molar-refractivity contribution >= 4 is 15.9 Å². The van der Waals surface area contributed by atoms with Crippen LogP contribution in [0.2, 0.25) is 0 Å². The molecular weight excluding hydrogens is 508 g/mol. The number of methoxy groups -OCH3 is 1. The first-order valence-corrected chi connectivity index (χ1v) is 15.0. The van der Waals surface area contributed by atoms with Crippen LogP contribution in [0.25, 0.3) is 0 Å². The molecule has 1 amide bonds. The molecule has 214 valence electrons. The third-order valence-electron chi connectivity index (χ3n) is 7.21. The van der Waals surface area contributed by atoms with Crippen LogP contribution in [0.15, 0.2) is 41.0 Å². The number of sulfonamides is 1. The monoisotopic (exact) mass is 552 g/mol. The minimum Gasteiger partial charge on any atom is -0.497 e. The third-order valence-corrected chi connectivity index (χ3v) is 9.13. The van der Waals surface area contributed by atoms with Crippen LogP contribution in [0, 0.1) is 11.3 Å². The van der Waals surface area contributed by atoms with Gasteiger partial charge < -0.3 is 24.2 Å². The van der Waals surface area contributed by atoms with Crippen LogP contribution in [-0.2, 0) is 24.3 Å². The molecule has 2 aliphatic rings. The zero-order chi connectivity index (χ0) is 27.8. The highest BCUT2D eigenvalue weighted by Gasteiger charge is 2.35. The van der Waals surface area contributed by atoms with Crippen molar-refractivity contribution < 1.29 is 32.5 Å². The third kappa shape index (κ3) is 8.18. The van der Waals surface area contributed by atoms with Gasteiger partial charge in [-0.1, -0.05) is 40.0 Å². The van der Waals surface area contributed by atoms with Crippen molar-refractivity contribution in [3.63, 3.8) is 0 Å². The van der Waals surface area contributed by atoms with Gasteiger partial charge in [-0.15, -0.1) is 0 Å². The molecule has 0 radical (unpaired) electrons. The molecule has 0 bridgehead atoms. The van der Waals surface area contributed by atoms with Crippen molar-refractivity contribution in [3.05, 3.63) is 36.1 Å². The Bertz CT molecular complexity index is 1030. The fourth-order valence-electron chi connectivity index (χ4n) is 4.77. The van der Waals surface area contributed by atoms with Gasteiger partial charge in [-0.25, -0.2) is 8.42 Å². The molecule has 0 spiro atoms. The lowest BCUT2D eigenvalue weighted by atomic mass is 9.77. The van der Waals surface area contributed by atoms with Crippen molar-refractivity contribution in [1.82, 2.24) is 9.21 Å². The Kier molecular flexibility index (Phi) is 11.0. The lowest BCUT2D eigenvalue weighted by Gasteiger charge is -2.37. The van der Waals surface area contributed by atoms with Crippen LogP contribution in [0.3, 0.4) is 0 Å². The van der Waals surface area contributed by atoms with Gasteiger partial charge in [0.25, 0.3) is 5.91 Å². The van der Waals surface area contributed by atoms with Crippen molar-refractivity contribution in [2.75, 3.05) is 46.5 Å². The quantitative estimate of drug-likeness (QED) is 0.471. The zero-order valence-corrected chi connectivity index (χ0v) is 24.0. The van der Waals surface area contributed by atoms with E-state index < -0.39 is 16.3 Å². The summed E-state index contributed by atoms with van der Waals surface area (Å²) in [4.78, 5) is 15.4. The van der Waals surface area contributed by atoms with Gasteiger partial charge in [-0.2, -0.15) is 4.31 Å². The Morgan fingerprint density at radius 1 is 1.08 bits per heavy atom. The summed E-state index contributed by atoms with van der Waals surface area (Å²) in [5.74, 6) is 0.836. The van der Waals surface area contributed by atoms with Gasteiger partial charge in [-0.3, -0.25) is 4.79 Å². The van der Waals surface area contributed by atoms with E-state index >= 15 is 0 Å². The maximum atomic E-state index is 13.4. The number of rotatable bonds is 10. The molecule has 9 nitrogen and oxygen atoms in total. The number of ether oxygens (including phenoxy) is 3. The fraction of sp³-hybridized carbons (Fsp3) is 0.679. The largest absolute Gasteiger partial charge is 0.497 e. The molecule has 0 aromatic heterocycles. The van der Waals surface area contributed by atoms with E-state index in [0.717, 1.165) is 38.8 Å². The van der Waals surface area contributed by atoms with E-state index in [-0.39, 0.29) is 48.4 Å². The number of carbonyl (C=O) groups is 1. The van der Waals surface area contributed by atoms with E-state index in [1.54, 1.807) is 12.1 Å². The fourth-order valence-corrected chi connectivity index (χ4v) is 6.18. The number of benzene rings is 1. The van der Waals surface area contributed by atoms with Crippen molar-refractivity contribution in [3.8, 4) is 5.75 Å². The van der Waals surface area contributed by atoms with Crippen molar-refractivity contribution in [1.29, 1.82) is 0 Å². The van der Waals surface area contributed by atoms with Gasteiger partial charge in [-0.05, 0) is 54.5 Å². The predicted octanol–water partition coefficient (Wildman–Crippen LogP) is 3.78. The van der Waals surface area contributed by atoms with E-state index in [4.69, 9.17) is 14.2 Å². The van der Waals surface area contributed by atoms with E-state index in [1.165, 1.54) is 30.0 Å². The van der Waals surface area contributed by atoms with Crippen LogP contribution < -0.4 is 4.74 Å². The number of nitrogens with zero attached hydrogens (tertiary/aromatic N) is 2. The summed E-state index contributed by atoms with van der Waals surface area (Å²) in [5.41, 5.74) is -0.103. The number of carbonyl (C=O) groups excluding carboxylic acids is 1. The summed E-state index contributed by atoms with van der Waals surface area (Å²) in [5, 5.41) is 9.52. The molecule has 1 aromatic carbocycles. The smallest absolute Gasteiger partial charge is 0.288 e. The normalized spacial score (nSPS) is 21.3. The molecule has 1 saturated heterocycles. The maximum Gasteiger partial charge on any atom is 0.288 e. The first-order chi connectivity index (χ1) is 18.1. The summed E-state index contributed by atoms with van der Waals surface area (Å²) in [7, 11) is -2.33. The van der Waals surface area contributed by atoms with Gasteiger partial charge >= 0.3 is 0 Å². The number of aliphatic hydroxyl groups excluding tert-OH is 1. The highest BCUT2D eigenvalue weighted by molar-refractivity contribution is 7.89. The lowest BCUT2D eigenvalue weighted by molar-refractivity contribution is -0.158. The van der Waals surface area contributed by atoms with E-state index in [2.05, 4.69) is 20.8 Å². The summed E-state index contributed by atoms with van der Waals surface area (Å²) >= 11 is 0. The molecule has 2 aliphatic heterocycles. The highest BCUT2D eigenvalue weighted by atomic mass is 32.2. The first kappa shape index (κ1) is 30.4. The number of amides is 1. The minimum absolute atomic E-state index is 0.0358. The lowest BCUT2D eigenvalue weighted by Crippen LogP contribution is -2.41. The minimum atomic E-state index is -3.85. The molecule has 2 atom stereocenters. The topological polar surface area (TPSA) is 106 Å². The SMILES string of the molecule is COc1ccc(S(=O)(=O)N(CCO)CCO[C@@H]2C[C@H](C(C)(C)C)C=C(C(=O)N3CCCCCCC3)O2)cc1.